The Hall–Kier alpha value is -1.83. The minimum Gasteiger partial charge on any atom is -0.469 e. The largest absolute Gasteiger partial charge is 0.469 e. The minimum atomic E-state index is -0.189. The molecule has 27 heavy (non-hydrogen) atoms. The van der Waals surface area contributed by atoms with Gasteiger partial charge in [0.05, 0.1) is 24.8 Å². The van der Waals surface area contributed by atoms with E-state index in [9.17, 15) is 14.4 Å². The van der Waals surface area contributed by atoms with Crippen LogP contribution in [0.15, 0.2) is 9.95 Å². The third-order valence-corrected chi connectivity index (χ3v) is 7.01. The Morgan fingerprint density at radius 1 is 1.22 bits per heavy atom. The van der Waals surface area contributed by atoms with Crippen LogP contribution in [0.4, 0.5) is 0 Å². The number of esters is 1. The summed E-state index contributed by atoms with van der Waals surface area (Å²) < 4.78 is 6.56. The number of thioether (sulfide) groups is 1. The summed E-state index contributed by atoms with van der Waals surface area (Å²) in [6, 6.07) is -0.122. The van der Waals surface area contributed by atoms with Gasteiger partial charge in [-0.25, -0.2) is 4.98 Å². The molecule has 0 radical (unpaired) electrons. The fraction of sp³-hybridized carbons (Fsp3) is 0.684. The molecule has 1 saturated heterocycles. The Morgan fingerprint density at radius 2 is 1.96 bits per heavy atom. The van der Waals surface area contributed by atoms with Crippen molar-refractivity contribution in [2.75, 3.05) is 26.0 Å². The first-order chi connectivity index (χ1) is 13.1. The molecule has 0 bridgehead atoms. The lowest BCUT2D eigenvalue weighted by Gasteiger charge is -2.31. The van der Waals surface area contributed by atoms with Gasteiger partial charge in [-0.05, 0) is 38.5 Å². The fourth-order valence-electron chi connectivity index (χ4n) is 4.33. The summed E-state index contributed by atoms with van der Waals surface area (Å²) in [5, 5.41) is 0.767. The molecular formula is C19H25N3O4S. The molecule has 146 valence electrons. The normalized spacial score (nSPS) is 22.3. The number of carbonyl (C=O) groups excluding carboxylic acids is 2. The summed E-state index contributed by atoms with van der Waals surface area (Å²) in [5.41, 5.74) is 1.87. The summed E-state index contributed by atoms with van der Waals surface area (Å²) in [6.45, 7) is 1.14. The van der Waals surface area contributed by atoms with Crippen LogP contribution in [0.25, 0.3) is 0 Å². The average Bonchev–Trinajstić information content (AvgIpc) is 3.10. The number of ether oxygens (including phenoxy) is 1. The lowest BCUT2D eigenvalue weighted by atomic mass is 9.96. The number of nitrogens with zero attached hydrogens (tertiary/aromatic N) is 3. The summed E-state index contributed by atoms with van der Waals surface area (Å²) in [6.07, 6.45) is 5.42. The second kappa shape index (κ2) is 7.66. The van der Waals surface area contributed by atoms with Crippen LogP contribution in [0.3, 0.4) is 0 Å². The van der Waals surface area contributed by atoms with Gasteiger partial charge in [-0.15, -0.1) is 0 Å². The zero-order valence-electron chi connectivity index (χ0n) is 15.6. The Kier molecular flexibility index (Phi) is 5.25. The Bertz CT molecular complexity index is 814. The first-order valence-electron chi connectivity index (χ1n) is 9.71. The van der Waals surface area contributed by atoms with Crippen LogP contribution >= 0.6 is 11.8 Å². The molecule has 7 nitrogen and oxygen atoms in total. The van der Waals surface area contributed by atoms with E-state index < -0.39 is 0 Å². The molecule has 0 spiro atoms. The molecule has 2 aliphatic heterocycles. The van der Waals surface area contributed by atoms with Gasteiger partial charge in [-0.1, -0.05) is 11.8 Å². The maximum Gasteiger partial charge on any atom is 0.308 e. The van der Waals surface area contributed by atoms with Gasteiger partial charge in [-0.2, -0.15) is 0 Å². The van der Waals surface area contributed by atoms with Crippen LogP contribution in [0.1, 0.15) is 49.4 Å². The molecule has 1 aromatic heterocycles. The van der Waals surface area contributed by atoms with E-state index in [4.69, 9.17) is 9.72 Å². The van der Waals surface area contributed by atoms with Crippen LogP contribution in [0.5, 0.6) is 0 Å². The number of amides is 1. The molecule has 8 heteroatoms. The second-order valence-corrected chi connectivity index (χ2v) is 8.54. The van der Waals surface area contributed by atoms with Gasteiger partial charge in [0, 0.05) is 30.8 Å². The average molecular weight is 391 g/mol. The summed E-state index contributed by atoms with van der Waals surface area (Å²) in [5.74, 6) is 0.474. The van der Waals surface area contributed by atoms with E-state index in [0.717, 1.165) is 47.8 Å². The van der Waals surface area contributed by atoms with Gasteiger partial charge in [0.15, 0.2) is 5.16 Å². The smallest absolute Gasteiger partial charge is 0.308 e. The number of aromatic nitrogens is 2. The molecule has 4 rings (SSSR count). The second-order valence-electron chi connectivity index (χ2n) is 7.55. The third kappa shape index (κ3) is 3.51. The van der Waals surface area contributed by atoms with Crippen molar-refractivity contribution in [1.82, 2.24) is 14.5 Å². The van der Waals surface area contributed by atoms with Gasteiger partial charge in [0.1, 0.15) is 0 Å². The summed E-state index contributed by atoms with van der Waals surface area (Å²) in [7, 11) is 1.40. The SMILES string of the molecule is COC(=O)C1CCN(C(=O)C[C@@H]2CSc3nc4c(c(=O)n32)CCCC4)CC1. The number of likely N-dealkylation sites (tertiary alicyclic amines) is 1. The van der Waals surface area contributed by atoms with Crippen LogP contribution in [-0.2, 0) is 27.2 Å². The molecule has 0 N–H and O–H groups in total. The van der Waals surface area contributed by atoms with Crippen molar-refractivity contribution in [2.45, 2.75) is 56.1 Å². The molecule has 1 aromatic rings. The molecular weight excluding hydrogens is 366 g/mol. The van der Waals surface area contributed by atoms with E-state index in [-0.39, 0.29) is 29.4 Å². The highest BCUT2D eigenvalue weighted by Gasteiger charge is 2.33. The first-order valence-corrected chi connectivity index (χ1v) is 10.7. The highest BCUT2D eigenvalue weighted by Crippen LogP contribution is 2.34. The lowest BCUT2D eigenvalue weighted by molar-refractivity contribution is -0.149. The number of rotatable bonds is 3. The number of piperidine rings is 1. The number of hydrogen-bond acceptors (Lipinski definition) is 6. The molecule has 0 saturated carbocycles. The molecule has 1 amide bonds. The minimum absolute atomic E-state index is 0.0568. The zero-order chi connectivity index (χ0) is 19.0. The van der Waals surface area contributed by atoms with Crippen LogP contribution in [0.2, 0.25) is 0 Å². The van der Waals surface area contributed by atoms with Crippen LogP contribution < -0.4 is 5.56 Å². The van der Waals surface area contributed by atoms with E-state index in [2.05, 4.69) is 0 Å². The predicted octanol–water partition coefficient (Wildman–Crippen LogP) is 1.57. The van der Waals surface area contributed by atoms with Crippen molar-refractivity contribution in [1.29, 1.82) is 0 Å². The molecule has 1 aliphatic carbocycles. The highest BCUT2D eigenvalue weighted by molar-refractivity contribution is 7.99. The lowest BCUT2D eigenvalue weighted by Crippen LogP contribution is -2.42. The van der Waals surface area contributed by atoms with Gasteiger partial charge >= 0.3 is 5.97 Å². The third-order valence-electron chi connectivity index (χ3n) is 5.91. The molecule has 0 unspecified atom stereocenters. The van der Waals surface area contributed by atoms with E-state index >= 15 is 0 Å². The highest BCUT2D eigenvalue weighted by atomic mass is 32.2. The van der Waals surface area contributed by atoms with Crippen molar-refractivity contribution in [2.24, 2.45) is 5.92 Å². The fourth-order valence-corrected chi connectivity index (χ4v) is 5.48. The van der Waals surface area contributed by atoms with Gasteiger partial charge < -0.3 is 9.64 Å². The van der Waals surface area contributed by atoms with E-state index in [0.29, 0.717) is 32.4 Å². The van der Waals surface area contributed by atoms with Gasteiger partial charge in [0.2, 0.25) is 5.91 Å². The number of aryl methyl sites for hydroxylation is 1. The number of carbonyl (C=O) groups is 2. The van der Waals surface area contributed by atoms with E-state index in [1.165, 1.54) is 7.11 Å². The van der Waals surface area contributed by atoms with Crippen molar-refractivity contribution >= 4 is 23.6 Å². The molecule has 3 heterocycles. The zero-order valence-corrected chi connectivity index (χ0v) is 16.4. The quantitative estimate of drug-likeness (QED) is 0.575. The van der Waals surface area contributed by atoms with Crippen molar-refractivity contribution in [3.05, 3.63) is 21.6 Å². The number of fused-ring (bicyclic) bond motifs is 2. The number of methoxy groups -OCH3 is 1. The van der Waals surface area contributed by atoms with E-state index in [1.54, 1.807) is 16.3 Å². The van der Waals surface area contributed by atoms with Crippen molar-refractivity contribution in [3.63, 3.8) is 0 Å². The molecule has 1 fully saturated rings. The molecule has 1 atom stereocenters. The summed E-state index contributed by atoms with van der Waals surface area (Å²) >= 11 is 1.58. The maximum atomic E-state index is 13.0. The topological polar surface area (TPSA) is 81.5 Å². The standard InChI is InChI=1S/C19H25N3O4S/c1-26-18(25)12-6-8-21(9-7-12)16(23)10-13-11-27-19-20-15-5-3-2-4-14(15)17(24)22(13)19/h12-13H,2-11H2,1H3/t13-/m1/s1. The van der Waals surface area contributed by atoms with Gasteiger partial charge in [-0.3, -0.25) is 19.0 Å². The molecule has 0 aromatic carbocycles. The van der Waals surface area contributed by atoms with Crippen molar-refractivity contribution < 1.29 is 14.3 Å². The predicted molar refractivity (Wildman–Crippen MR) is 101 cm³/mol. The first kappa shape index (κ1) is 18.5. The van der Waals surface area contributed by atoms with Crippen LogP contribution in [-0.4, -0.2) is 52.3 Å². The Balaban J connectivity index is 1.44. The van der Waals surface area contributed by atoms with Crippen molar-refractivity contribution in [3.8, 4) is 0 Å². The molecule has 3 aliphatic rings. The van der Waals surface area contributed by atoms with Gasteiger partial charge in [0.25, 0.3) is 5.56 Å². The summed E-state index contributed by atoms with van der Waals surface area (Å²) in [4.78, 5) is 43.9. The Labute approximate surface area is 162 Å². The number of hydrogen-bond donors (Lipinski definition) is 0. The van der Waals surface area contributed by atoms with E-state index in [1.807, 2.05) is 4.90 Å². The monoisotopic (exact) mass is 391 g/mol. The maximum absolute atomic E-state index is 13.0. The Morgan fingerprint density at radius 3 is 2.70 bits per heavy atom. The van der Waals surface area contributed by atoms with Crippen LogP contribution in [0, 0.1) is 5.92 Å².